The van der Waals surface area contributed by atoms with Gasteiger partial charge in [-0.2, -0.15) is 5.10 Å². The molecule has 1 aliphatic rings. The number of rotatable bonds is 0. The van der Waals surface area contributed by atoms with Crippen LogP contribution in [0.4, 0.5) is 0 Å². The van der Waals surface area contributed by atoms with Gasteiger partial charge in [0.15, 0.2) is 5.17 Å². The van der Waals surface area contributed by atoms with Gasteiger partial charge in [0.1, 0.15) is 0 Å². The van der Waals surface area contributed by atoms with Crippen LogP contribution in [0, 0.1) is 0 Å². The van der Waals surface area contributed by atoms with E-state index in [4.69, 9.17) is 0 Å². The Bertz CT molecular complexity index is 776. The highest BCUT2D eigenvalue weighted by Crippen LogP contribution is 2.30. The fraction of sp³-hybridized carbons (Fsp3) is 0.0667. The fourth-order valence-electron chi connectivity index (χ4n) is 2.50. The van der Waals surface area contributed by atoms with Crippen molar-refractivity contribution in [2.45, 2.75) is 0 Å². The van der Waals surface area contributed by atoms with Gasteiger partial charge in [0.05, 0.1) is 11.0 Å². The first-order valence-corrected chi connectivity index (χ1v) is 7.14. The van der Waals surface area contributed by atoms with Gasteiger partial charge in [0.25, 0.3) is 0 Å². The zero-order chi connectivity index (χ0) is 12.7. The highest BCUT2D eigenvalue weighted by molar-refractivity contribution is 8.14. The summed E-state index contributed by atoms with van der Waals surface area (Å²) in [7, 11) is 0. The molecule has 0 atom stereocenters. The molecule has 2 heterocycles. The van der Waals surface area contributed by atoms with Crippen molar-refractivity contribution in [3.8, 4) is 0 Å². The maximum absolute atomic E-state index is 4.28. The monoisotopic (exact) mass is 265 g/mol. The number of hydrogen-bond donors (Lipinski definition) is 0. The SMILES string of the molecule is C1=NN=C(n2c3ccccc3c3ccccc32)SC1. The van der Waals surface area contributed by atoms with Gasteiger partial charge in [0.2, 0.25) is 0 Å². The van der Waals surface area contributed by atoms with Gasteiger partial charge in [-0.15, -0.1) is 5.10 Å². The summed E-state index contributed by atoms with van der Waals surface area (Å²) in [5, 5.41) is 11.8. The second-order valence-electron chi connectivity index (χ2n) is 4.36. The Labute approximate surface area is 114 Å². The van der Waals surface area contributed by atoms with Crippen molar-refractivity contribution >= 4 is 44.9 Å². The van der Waals surface area contributed by atoms with E-state index < -0.39 is 0 Å². The van der Waals surface area contributed by atoms with E-state index in [0.29, 0.717) is 0 Å². The van der Waals surface area contributed by atoms with Gasteiger partial charge in [-0.1, -0.05) is 48.2 Å². The van der Waals surface area contributed by atoms with E-state index in [9.17, 15) is 0 Å². The number of benzene rings is 2. The summed E-state index contributed by atoms with van der Waals surface area (Å²) in [6, 6.07) is 16.9. The van der Waals surface area contributed by atoms with E-state index >= 15 is 0 Å². The molecule has 1 aliphatic heterocycles. The molecule has 0 saturated carbocycles. The Morgan fingerprint density at radius 1 is 0.895 bits per heavy atom. The molecule has 3 aromatic rings. The molecule has 0 amide bonds. The summed E-state index contributed by atoms with van der Waals surface area (Å²) in [6.07, 6.45) is 1.84. The molecule has 3 nitrogen and oxygen atoms in total. The van der Waals surface area contributed by atoms with Crippen LogP contribution in [0.2, 0.25) is 0 Å². The Morgan fingerprint density at radius 3 is 2.11 bits per heavy atom. The van der Waals surface area contributed by atoms with Crippen LogP contribution in [-0.4, -0.2) is 21.7 Å². The van der Waals surface area contributed by atoms with Crippen LogP contribution in [0.3, 0.4) is 0 Å². The smallest absolute Gasteiger partial charge is 0.195 e. The van der Waals surface area contributed by atoms with E-state index in [0.717, 1.165) is 10.9 Å². The van der Waals surface area contributed by atoms with E-state index in [2.05, 4.69) is 63.3 Å². The number of para-hydroxylation sites is 2. The lowest BCUT2D eigenvalue weighted by atomic mass is 10.2. The van der Waals surface area contributed by atoms with Crippen LogP contribution in [0.15, 0.2) is 58.7 Å². The number of nitrogens with zero attached hydrogens (tertiary/aromatic N) is 3. The molecule has 0 N–H and O–H groups in total. The fourth-order valence-corrected chi connectivity index (χ4v) is 3.22. The van der Waals surface area contributed by atoms with E-state index in [1.54, 1.807) is 11.8 Å². The molecule has 92 valence electrons. The van der Waals surface area contributed by atoms with E-state index in [1.165, 1.54) is 21.8 Å². The van der Waals surface area contributed by atoms with Gasteiger partial charge >= 0.3 is 0 Å². The molecule has 0 bridgehead atoms. The molecule has 2 aromatic carbocycles. The molecule has 0 saturated heterocycles. The molecule has 4 rings (SSSR count). The molecule has 0 unspecified atom stereocenters. The zero-order valence-electron chi connectivity index (χ0n) is 10.2. The predicted octanol–water partition coefficient (Wildman–Crippen LogP) is 3.73. The van der Waals surface area contributed by atoms with Crippen molar-refractivity contribution in [3.63, 3.8) is 0 Å². The van der Waals surface area contributed by atoms with Gasteiger partial charge in [0, 0.05) is 22.7 Å². The third kappa shape index (κ3) is 1.60. The molecule has 0 radical (unpaired) electrons. The minimum Gasteiger partial charge on any atom is -0.287 e. The molecular formula is C15H11N3S. The van der Waals surface area contributed by atoms with Crippen LogP contribution in [0.25, 0.3) is 21.8 Å². The average Bonchev–Trinajstić information content (AvgIpc) is 2.83. The van der Waals surface area contributed by atoms with Crippen molar-refractivity contribution in [1.29, 1.82) is 0 Å². The third-order valence-corrected chi connectivity index (χ3v) is 4.12. The van der Waals surface area contributed by atoms with Crippen molar-refractivity contribution in [2.75, 3.05) is 5.75 Å². The number of hydrogen-bond acceptors (Lipinski definition) is 3. The Kier molecular flexibility index (Phi) is 2.42. The highest BCUT2D eigenvalue weighted by Gasteiger charge is 2.15. The Balaban J connectivity index is 2.16. The molecule has 4 heteroatoms. The largest absolute Gasteiger partial charge is 0.287 e. The van der Waals surface area contributed by atoms with Crippen LogP contribution < -0.4 is 0 Å². The van der Waals surface area contributed by atoms with Crippen molar-refractivity contribution in [1.82, 2.24) is 4.57 Å². The molecule has 0 aliphatic carbocycles. The maximum Gasteiger partial charge on any atom is 0.195 e. The second-order valence-corrected chi connectivity index (χ2v) is 5.35. The predicted molar refractivity (Wildman–Crippen MR) is 83.2 cm³/mol. The van der Waals surface area contributed by atoms with Crippen LogP contribution in [0.5, 0.6) is 0 Å². The number of fused-ring (bicyclic) bond motifs is 3. The van der Waals surface area contributed by atoms with Gasteiger partial charge in [-0.05, 0) is 12.1 Å². The molecule has 0 fully saturated rings. The topological polar surface area (TPSA) is 29.6 Å². The standard InChI is InChI=1S/C15H11N3S/c1-3-7-13-11(5-1)12-6-2-4-8-14(12)18(13)15-17-16-9-10-19-15/h1-9H,10H2. The van der Waals surface area contributed by atoms with E-state index in [1.807, 2.05) is 6.21 Å². The summed E-state index contributed by atoms with van der Waals surface area (Å²) < 4.78 is 2.20. The Morgan fingerprint density at radius 2 is 1.53 bits per heavy atom. The highest BCUT2D eigenvalue weighted by atomic mass is 32.2. The van der Waals surface area contributed by atoms with E-state index in [-0.39, 0.29) is 0 Å². The summed E-state index contributed by atoms with van der Waals surface area (Å²) >= 11 is 1.71. The number of aromatic nitrogens is 1. The van der Waals surface area contributed by atoms with Gasteiger partial charge in [-0.3, -0.25) is 4.57 Å². The quantitative estimate of drug-likeness (QED) is 0.609. The first kappa shape index (κ1) is 10.8. The maximum atomic E-state index is 4.28. The lowest BCUT2D eigenvalue weighted by molar-refractivity contribution is 1.18. The molecular weight excluding hydrogens is 254 g/mol. The minimum atomic E-state index is 0.875. The van der Waals surface area contributed by atoms with Gasteiger partial charge in [-0.25, -0.2) is 0 Å². The Hall–Kier alpha value is -2.07. The van der Waals surface area contributed by atoms with Crippen LogP contribution in [0.1, 0.15) is 0 Å². The summed E-state index contributed by atoms with van der Waals surface area (Å²) in [4.78, 5) is 0. The zero-order valence-corrected chi connectivity index (χ0v) is 11.0. The molecule has 1 aromatic heterocycles. The summed E-state index contributed by atoms with van der Waals surface area (Å²) in [5.74, 6) is 0.875. The lowest BCUT2D eigenvalue weighted by Gasteiger charge is -2.10. The lowest BCUT2D eigenvalue weighted by Crippen LogP contribution is -2.10. The molecule has 19 heavy (non-hydrogen) atoms. The summed E-state index contributed by atoms with van der Waals surface area (Å²) in [6.45, 7) is 0. The van der Waals surface area contributed by atoms with Crippen molar-refractivity contribution in [3.05, 3.63) is 48.5 Å². The first-order valence-electron chi connectivity index (χ1n) is 6.16. The molecule has 0 spiro atoms. The average molecular weight is 265 g/mol. The summed E-state index contributed by atoms with van der Waals surface area (Å²) in [5.41, 5.74) is 2.37. The normalized spacial score (nSPS) is 15.1. The minimum absolute atomic E-state index is 0.875. The van der Waals surface area contributed by atoms with Crippen LogP contribution >= 0.6 is 11.8 Å². The second kappa shape index (κ2) is 4.24. The first-order chi connectivity index (χ1) is 9.45. The van der Waals surface area contributed by atoms with Gasteiger partial charge < -0.3 is 0 Å². The van der Waals surface area contributed by atoms with Crippen molar-refractivity contribution in [2.24, 2.45) is 10.2 Å². The third-order valence-electron chi connectivity index (χ3n) is 3.28. The number of thioether (sulfide) groups is 1. The van der Waals surface area contributed by atoms with Crippen molar-refractivity contribution < 1.29 is 0 Å². The van der Waals surface area contributed by atoms with Crippen LogP contribution in [-0.2, 0) is 0 Å².